The Balaban J connectivity index is 0.00000182. The van der Waals surface area contributed by atoms with E-state index in [4.69, 9.17) is 15.9 Å². The second-order valence-electron chi connectivity index (χ2n) is 6.50. The van der Waals surface area contributed by atoms with Gasteiger partial charge >= 0.3 is 0 Å². The molecule has 5 heteroatoms. The zero-order chi connectivity index (χ0) is 16.5. The predicted molar refractivity (Wildman–Crippen MR) is 98.1 cm³/mol. The highest BCUT2D eigenvalue weighted by Crippen LogP contribution is 2.41. The Hall–Kier alpha value is -2.40. The first kappa shape index (κ1) is 15.1. The number of nitrogens with two attached hydrogens (primary N) is 1. The van der Waals surface area contributed by atoms with Crippen molar-refractivity contribution in [1.29, 1.82) is 5.41 Å². The number of ether oxygens (including phenoxy) is 1. The Labute approximate surface area is 143 Å². The summed E-state index contributed by atoms with van der Waals surface area (Å²) in [7, 11) is 0. The molecule has 1 aromatic heterocycles. The van der Waals surface area contributed by atoms with Crippen LogP contribution in [-0.4, -0.2) is 37.0 Å². The fourth-order valence-electron chi connectivity index (χ4n) is 3.16. The van der Waals surface area contributed by atoms with Crippen LogP contribution in [-0.2, 0) is 4.74 Å². The minimum atomic E-state index is 0. The molecule has 0 bridgehead atoms. The molecule has 1 aliphatic carbocycles. The van der Waals surface area contributed by atoms with Crippen molar-refractivity contribution in [3.63, 3.8) is 0 Å². The number of morpholine rings is 1. The molecule has 1 saturated heterocycles. The Morgan fingerprint density at radius 1 is 1.21 bits per heavy atom. The maximum absolute atomic E-state index is 8.63. The maximum atomic E-state index is 8.63. The highest BCUT2D eigenvalue weighted by Gasteiger charge is 2.24. The zero-order valence-corrected chi connectivity index (χ0v) is 13.7. The molecule has 0 unspecified atom stereocenters. The summed E-state index contributed by atoms with van der Waals surface area (Å²) in [6.07, 6.45) is 4.26. The molecule has 2 aromatic rings. The summed E-state index contributed by atoms with van der Waals surface area (Å²) < 4.78 is 5.40. The fourth-order valence-corrected chi connectivity index (χ4v) is 3.16. The molecule has 0 amide bonds. The van der Waals surface area contributed by atoms with Crippen LogP contribution in [0.2, 0.25) is 0 Å². The number of rotatable bonds is 4. The second-order valence-corrected chi connectivity index (χ2v) is 6.50. The van der Waals surface area contributed by atoms with Crippen LogP contribution < -0.4 is 10.6 Å². The number of nitrogens with zero attached hydrogens (tertiary/aromatic N) is 2. The van der Waals surface area contributed by atoms with Gasteiger partial charge < -0.3 is 15.4 Å². The first-order valence-corrected chi connectivity index (χ1v) is 8.50. The summed E-state index contributed by atoms with van der Waals surface area (Å²) in [5, 5.41) is 8.63. The van der Waals surface area contributed by atoms with Crippen LogP contribution in [0, 0.1) is 5.41 Å². The number of hydrogen-bond acceptors (Lipinski definition) is 5. The third-order valence-corrected chi connectivity index (χ3v) is 4.76. The molecule has 126 valence electrons. The zero-order valence-electron chi connectivity index (χ0n) is 13.7. The van der Waals surface area contributed by atoms with Gasteiger partial charge in [0.15, 0.2) is 0 Å². The summed E-state index contributed by atoms with van der Waals surface area (Å²) >= 11 is 0. The number of nitrogens with one attached hydrogen (secondary N) is 1. The van der Waals surface area contributed by atoms with Crippen molar-refractivity contribution in [3.05, 3.63) is 53.2 Å². The van der Waals surface area contributed by atoms with E-state index >= 15 is 0 Å². The lowest BCUT2D eigenvalue weighted by molar-refractivity contribution is 0.122. The van der Waals surface area contributed by atoms with Crippen molar-refractivity contribution in [1.82, 2.24) is 4.98 Å². The van der Waals surface area contributed by atoms with Gasteiger partial charge in [0.25, 0.3) is 0 Å². The fraction of sp³-hybridized carbons (Fsp3) is 0.368. The van der Waals surface area contributed by atoms with Crippen molar-refractivity contribution >= 4 is 17.2 Å². The summed E-state index contributed by atoms with van der Waals surface area (Å²) in [5.74, 6) is 1.55. The van der Waals surface area contributed by atoms with Gasteiger partial charge in [0.2, 0.25) is 0 Å². The lowest BCUT2D eigenvalue weighted by Crippen LogP contribution is -2.36. The molecule has 4 rings (SSSR count). The van der Waals surface area contributed by atoms with E-state index in [1.165, 1.54) is 18.4 Å². The van der Waals surface area contributed by atoms with Gasteiger partial charge in [0, 0.05) is 37.5 Å². The van der Waals surface area contributed by atoms with E-state index in [9.17, 15) is 0 Å². The van der Waals surface area contributed by atoms with Crippen molar-refractivity contribution in [3.8, 4) is 0 Å². The largest absolute Gasteiger partial charge is 0.398 e. The van der Waals surface area contributed by atoms with Crippen LogP contribution in [0.3, 0.4) is 0 Å². The molecule has 1 saturated carbocycles. The molecule has 3 N–H and O–H groups in total. The Bertz CT molecular complexity index is 770. The molecule has 2 fully saturated rings. The number of aromatic nitrogens is 1. The molecule has 1 aromatic carbocycles. The standard InChI is InChI=1S/C19H22N4O.H2/c20-17-4-3-14(13-1-2-13)11-16(17)19(21)15-5-6-22-18(12-15)23-7-9-24-10-8-23;/h3-6,11-13,21H,1-2,7-10,20H2;1H. The van der Waals surface area contributed by atoms with E-state index in [-0.39, 0.29) is 1.43 Å². The summed E-state index contributed by atoms with van der Waals surface area (Å²) in [5.41, 5.74) is 10.2. The monoisotopic (exact) mass is 324 g/mol. The van der Waals surface area contributed by atoms with E-state index in [2.05, 4.69) is 22.0 Å². The average molecular weight is 324 g/mol. The minimum Gasteiger partial charge on any atom is -0.398 e. The highest BCUT2D eigenvalue weighted by molar-refractivity contribution is 6.14. The molecule has 1 aliphatic heterocycles. The van der Waals surface area contributed by atoms with Crippen molar-refractivity contribution < 1.29 is 6.16 Å². The maximum Gasteiger partial charge on any atom is 0.129 e. The molecule has 5 nitrogen and oxygen atoms in total. The molecule has 24 heavy (non-hydrogen) atoms. The molecule has 2 aliphatic rings. The number of pyridine rings is 1. The molecular weight excluding hydrogens is 300 g/mol. The van der Waals surface area contributed by atoms with Gasteiger partial charge in [0.1, 0.15) is 5.82 Å². The highest BCUT2D eigenvalue weighted by atomic mass is 16.5. The number of nitrogen functional groups attached to an aromatic ring is 1. The molecule has 0 spiro atoms. The van der Waals surface area contributed by atoms with E-state index < -0.39 is 0 Å². The van der Waals surface area contributed by atoms with Crippen molar-refractivity contribution in [2.24, 2.45) is 0 Å². The van der Waals surface area contributed by atoms with E-state index in [1.54, 1.807) is 6.20 Å². The van der Waals surface area contributed by atoms with Crippen LogP contribution in [0.25, 0.3) is 0 Å². The van der Waals surface area contributed by atoms with Gasteiger partial charge in [-0.15, -0.1) is 0 Å². The third-order valence-electron chi connectivity index (χ3n) is 4.76. The first-order valence-electron chi connectivity index (χ1n) is 8.50. The van der Waals surface area contributed by atoms with Gasteiger partial charge in [-0.25, -0.2) is 4.98 Å². The van der Waals surface area contributed by atoms with Gasteiger partial charge in [0.05, 0.1) is 18.9 Å². The smallest absolute Gasteiger partial charge is 0.129 e. The van der Waals surface area contributed by atoms with Crippen LogP contribution in [0.15, 0.2) is 36.5 Å². The molecular formula is C19H24N4O. The van der Waals surface area contributed by atoms with Gasteiger partial charge in [-0.1, -0.05) is 6.07 Å². The van der Waals surface area contributed by atoms with Crippen molar-refractivity contribution in [2.45, 2.75) is 18.8 Å². The molecule has 0 radical (unpaired) electrons. The van der Waals surface area contributed by atoms with Crippen LogP contribution >= 0.6 is 0 Å². The van der Waals surface area contributed by atoms with E-state index in [1.807, 2.05) is 18.2 Å². The first-order chi connectivity index (χ1) is 11.7. The second kappa shape index (κ2) is 6.24. The number of benzene rings is 1. The minimum absolute atomic E-state index is 0. The van der Waals surface area contributed by atoms with Gasteiger partial charge in [-0.2, -0.15) is 0 Å². The Morgan fingerprint density at radius 3 is 2.75 bits per heavy atom. The lowest BCUT2D eigenvalue weighted by Gasteiger charge is -2.28. The van der Waals surface area contributed by atoms with Crippen LogP contribution in [0.1, 0.15) is 36.9 Å². The quantitative estimate of drug-likeness (QED) is 0.669. The summed E-state index contributed by atoms with van der Waals surface area (Å²) in [6, 6.07) is 9.98. The van der Waals surface area contributed by atoms with E-state index in [0.717, 1.165) is 43.2 Å². The van der Waals surface area contributed by atoms with Gasteiger partial charge in [-0.3, -0.25) is 5.41 Å². The van der Waals surface area contributed by atoms with E-state index in [0.29, 0.717) is 17.3 Å². The SMILES string of the molecule is N=C(c1ccnc(N2CCOCC2)c1)c1cc(C2CC2)ccc1N.[HH]. The third kappa shape index (κ3) is 2.99. The Morgan fingerprint density at radius 2 is 2.00 bits per heavy atom. The number of hydrogen-bond donors (Lipinski definition) is 2. The topological polar surface area (TPSA) is 75.2 Å². The van der Waals surface area contributed by atoms with Crippen molar-refractivity contribution in [2.75, 3.05) is 36.9 Å². The van der Waals surface area contributed by atoms with Gasteiger partial charge in [-0.05, 0) is 48.6 Å². The van der Waals surface area contributed by atoms with Crippen LogP contribution in [0.4, 0.5) is 11.5 Å². The molecule has 2 heterocycles. The normalized spacial score (nSPS) is 17.8. The average Bonchev–Trinajstić information content (AvgIpc) is 3.48. The summed E-state index contributed by atoms with van der Waals surface area (Å²) in [6.45, 7) is 3.12. The summed E-state index contributed by atoms with van der Waals surface area (Å²) in [4.78, 5) is 6.66. The Kier molecular flexibility index (Phi) is 3.94. The molecule has 0 atom stereocenters. The predicted octanol–water partition coefficient (Wildman–Crippen LogP) is 3.04. The van der Waals surface area contributed by atoms with Crippen LogP contribution in [0.5, 0.6) is 0 Å². The lowest BCUT2D eigenvalue weighted by atomic mass is 9.98. The number of anilines is 2.